The summed E-state index contributed by atoms with van der Waals surface area (Å²) < 4.78 is 18.5. The van der Waals surface area contributed by atoms with Gasteiger partial charge in [-0.2, -0.15) is 0 Å². The quantitative estimate of drug-likeness (QED) is 0.770. The molecule has 1 aromatic rings. The fourth-order valence-electron chi connectivity index (χ4n) is 3.09. The second-order valence-corrected chi connectivity index (χ2v) is 6.25. The lowest BCUT2D eigenvalue weighted by atomic mass is 10.2. The monoisotopic (exact) mass is 349 g/mol. The molecule has 3 rings (SSSR count). The Labute approximate surface area is 144 Å². The summed E-state index contributed by atoms with van der Waals surface area (Å²) in [5.41, 5.74) is 0.419. The third-order valence-electron chi connectivity index (χ3n) is 4.44. The lowest BCUT2D eigenvalue weighted by Gasteiger charge is -2.32. The molecule has 2 atom stereocenters. The van der Waals surface area contributed by atoms with Crippen LogP contribution >= 0.6 is 0 Å². The minimum absolute atomic E-state index is 0.0719. The summed E-state index contributed by atoms with van der Waals surface area (Å²) in [4.78, 5) is 41.3. The van der Waals surface area contributed by atoms with E-state index in [1.54, 1.807) is 11.8 Å². The molecule has 0 aromatic heterocycles. The standard InChI is InChI=1S/C17H20FN3O4/c1-11-9-19(7-8-25-11)15(22)10-20-16(23)12(2)21(17(20)24)14-5-3-13(18)4-6-14/h3-6,11-12H,7-10H2,1-2H3/t11-,12+/m0/s1. The molecule has 1 aromatic carbocycles. The molecule has 2 aliphatic heterocycles. The van der Waals surface area contributed by atoms with E-state index in [-0.39, 0.29) is 18.6 Å². The first-order chi connectivity index (χ1) is 11.9. The number of halogens is 1. The molecule has 7 nitrogen and oxygen atoms in total. The summed E-state index contributed by atoms with van der Waals surface area (Å²) >= 11 is 0. The number of nitrogens with zero attached hydrogens (tertiary/aromatic N) is 3. The number of carbonyl (C=O) groups is 3. The van der Waals surface area contributed by atoms with Crippen LogP contribution in [0.5, 0.6) is 0 Å². The lowest BCUT2D eigenvalue weighted by molar-refractivity contribution is -0.142. The van der Waals surface area contributed by atoms with Crippen LogP contribution in [0.4, 0.5) is 14.9 Å². The second kappa shape index (κ2) is 6.79. The molecule has 134 valence electrons. The van der Waals surface area contributed by atoms with Crippen molar-refractivity contribution in [1.82, 2.24) is 9.80 Å². The molecule has 0 N–H and O–H groups in total. The predicted molar refractivity (Wildman–Crippen MR) is 87.4 cm³/mol. The predicted octanol–water partition coefficient (Wildman–Crippen LogP) is 1.23. The normalized spacial score (nSPS) is 24.2. The molecule has 2 fully saturated rings. The fourth-order valence-corrected chi connectivity index (χ4v) is 3.09. The highest BCUT2D eigenvalue weighted by Gasteiger charge is 2.44. The number of benzene rings is 1. The van der Waals surface area contributed by atoms with Crippen LogP contribution in [-0.4, -0.2) is 66.0 Å². The molecular formula is C17H20FN3O4. The van der Waals surface area contributed by atoms with E-state index in [2.05, 4.69) is 0 Å². The van der Waals surface area contributed by atoms with Gasteiger partial charge in [0, 0.05) is 18.8 Å². The molecule has 0 bridgehead atoms. The minimum atomic E-state index is -0.741. The maximum Gasteiger partial charge on any atom is 0.332 e. The smallest absolute Gasteiger partial charge is 0.332 e. The van der Waals surface area contributed by atoms with Gasteiger partial charge in [0.15, 0.2) is 0 Å². The number of imide groups is 1. The number of ether oxygens (including phenoxy) is 1. The number of carbonyl (C=O) groups excluding carboxylic acids is 3. The van der Waals surface area contributed by atoms with E-state index < -0.39 is 23.8 Å². The zero-order valence-corrected chi connectivity index (χ0v) is 14.1. The van der Waals surface area contributed by atoms with Crippen molar-refractivity contribution in [2.45, 2.75) is 26.0 Å². The van der Waals surface area contributed by atoms with Gasteiger partial charge >= 0.3 is 6.03 Å². The Hall–Kier alpha value is -2.48. The van der Waals surface area contributed by atoms with Crippen molar-refractivity contribution in [3.63, 3.8) is 0 Å². The number of anilines is 1. The molecule has 4 amide bonds. The summed E-state index contributed by atoms with van der Waals surface area (Å²) in [6.07, 6.45) is -0.0719. The Bertz CT molecular complexity index is 694. The molecule has 2 aliphatic rings. The summed E-state index contributed by atoms with van der Waals surface area (Å²) in [7, 11) is 0. The summed E-state index contributed by atoms with van der Waals surface area (Å²) in [6, 6.07) is 4.01. The van der Waals surface area contributed by atoms with Gasteiger partial charge < -0.3 is 9.64 Å². The number of amides is 4. The van der Waals surface area contributed by atoms with E-state index in [0.717, 1.165) is 4.90 Å². The summed E-state index contributed by atoms with van der Waals surface area (Å²) in [5, 5.41) is 0. The number of rotatable bonds is 3. The topological polar surface area (TPSA) is 70.2 Å². The number of hydrogen-bond acceptors (Lipinski definition) is 4. The maximum absolute atomic E-state index is 13.1. The summed E-state index contributed by atoms with van der Waals surface area (Å²) in [6.45, 7) is 4.47. The van der Waals surface area contributed by atoms with Gasteiger partial charge in [-0.15, -0.1) is 0 Å². The fraction of sp³-hybridized carbons (Fsp3) is 0.471. The zero-order chi connectivity index (χ0) is 18.1. The number of urea groups is 1. The van der Waals surface area contributed by atoms with Gasteiger partial charge in [-0.1, -0.05) is 0 Å². The van der Waals surface area contributed by atoms with Gasteiger partial charge in [-0.05, 0) is 38.1 Å². The zero-order valence-electron chi connectivity index (χ0n) is 14.1. The largest absolute Gasteiger partial charge is 0.375 e. The Balaban J connectivity index is 1.74. The van der Waals surface area contributed by atoms with E-state index in [1.165, 1.54) is 29.2 Å². The Morgan fingerprint density at radius 2 is 1.92 bits per heavy atom. The average Bonchev–Trinajstić information content (AvgIpc) is 2.79. The molecule has 0 saturated carbocycles. The summed E-state index contributed by atoms with van der Waals surface area (Å²) in [5.74, 6) is -1.16. The van der Waals surface area contributed by atoms with E-state index in [4.69, 9.17) is 4.74 Å². The molecule has 0 spiro atoms. The number of hydrogen-bond donors (Lipinski definition) is 0. The van der Waals surface area contributed by atoms with Crippen molar-refractivity contribution in [3.05, 3.63) is 30.1 Å². The minimum Gasteiger partial charge on any atom is -0.375 e. The van der Waals surface area contributed by atoms with Crippen molar-refractivity contribution in [2.75, 3.05) is 31.1 Å². The SMILES string of the molecule is C[C@@H]1C(=O)N(CC(=O)N2CCO[C@@H](C)C2)C(=O)N1c1ccc(F)cc1. The molecule has 0 radical (unpaired) electrons. The van der Waals surface area contributed by atoms with Crippen molar-refractivity contribution in [2.24, 2.45) is 0 Å². The lowest BCUT2D eigenvalue weighted by Crippen LogP contribution is -2.49. The van der Waals surface area contributed by atoms with Crippen molar-refractivity contribution in [3.8, 4) is 0 Å². The van der Waals surface area contributed by atoms with Crippen LogP contribution in [0.25, 0.3) is 0 Å². The van der Waals surface area contributed by atoms with Gasteiger partial charge in [0.1, 0.15) is 18.4 Å². The molecule has 2 saturated heterocycles. The van der Waals surface area contributed by atoms with Gasteiger partial charge in [-0.25, -0.2) is 9.18 Å². The van der Waals surface area contributed by atoms with Crippen molar-refractivity contribution < 1.29 is 23.5 Å². The Morgan fingerprint density at radius 3 is 2.56 bits per heavy atom. The van der Waals surface area contributed by atoms with Crippen LogP contribution in [0.3, 0.4) is 0 Å². The molecule has 8 heteroatoms. The van der Waals surface area contributed by atoms with E-state index in [0.29, 0.717) is 25.4 Å². The third kappa shape index (κ3) is 3.34. The van der Waals surface area contributed by atoms with Crippen LogP contribution in [0.2, 0.25) is 0 Å². The van der Waals surface area contributed by atoms with Crippen molar-refractivity contribution in [1.29, 1.82) is 0 Å². The number of morpholine rings is 1. The Morgan fingerprint density at radius 1 is 1.24 bits per heavy atom. The molecular weight excluding hydrogens is 329 g/mol. The van der Waals surface area contributed by atoms with Crippen molar-refractivity contribution >= 4 is 23.5 Å². The van der Waals surface area contributed by atoms with Gasteiger partial charge in [0.2, 0.25) is 5.91 Å². The first-order valence-corrected chi connectivity index (χ1v) is 8.18. The van der Waals surface area contributed by atoms with Gasteiger partial charge in [-0.3, -0.25) is 19.4 Å². The first kappa shape index (κ1) is 17.3. The van der Waals surface area contributed by atoms with E-state index in [1.807, 2.05) is 6.92 Å². The van der Waals surface area contributed by atoms with Crippen LogP contribution in [0, 0.1) is 5.82 Å². The maximum atomic E-state index is 13.1. The highest BCUT2D eigenvalue weighted by molar-refractivity contribution is 6.15. The van der Waals surface area contributed by atoms with Gasteiger partial charge in [0.05, 0.1) is 12.7 Å². The molecule has 25 heavy (non-hydrogen) atoms. The Kier molecular flexibility index (Phi) is 4.71. The van der Waals surface area contributed by atoms with Gasteiger partial charge in [0.25, 0.3) is 5.91 Å². The van der Waals surface area contributed by atoms with Crippen LogP contribution < -0.4 is 4.90 Å². The van der Waals surface area contributed by atoms with Crippen LogP contribution in [-0.2, 0) is 14.3 Å². The highest BCUT2D eigenvalue weighted by Crippen LogP contribution is 2.26. The third-order valence-corrected chi connectivity index (χ3v) is 4.44. The highest BCUT2D eigenvalue weighted by atomic mass is 19.1. The molecule has 2 heterocycles. The second-order valence-electron chi connectivity index (χ2n) is 6.25. The van der Waals surface area contributed by atoms with Crippen LogP contribution in [0.1, 0.15) is 13.8 Å². The first-order valence-electron chi connectivity index (χ1n) is 8.18. The van der Waals surface area contributed by atoms with E-state index in [9.17, 15) is 18.8 Å². The van der Waals surface area contributed by atoms with Crippen LogP contribution in [0.15, 0.2) is 24.3 Å². The van der Waals surface area contributed by atoms with E-state index >= 15 is 0 Å². The average molecular weight is 349 g/mol. The molecule has 0 unspecified atom stereocenters. The molecule has 0 aliphatic carbocycles.